The van der Waals surface area contributed by atoms with Crippen molar-refractivity contribution in [3.63, 3.8) is 0 Å². The summed E-state index contributed by atoms with van der Waals surface area (Å²) in [7, 11) is 1.69. The number of rotatable bonds is 5. The van der Waals surface area contributed by atoms with Gasteiger partial charge in [-0.25, -0.2) is 0 Å². The van der Waals surface area contributed by atoms with Crippen molar-refractivity contribution in [1.29, 1.82) is 0 Å². The Labute approximate surface area is 130 Å². The van der Waals surface area contributed by atoms with Gasteiger partial charge in [-0.1, -0.05) is 19.4 Å². The predicted molar refractivity (Wildman–Crippen MR) is 87.1 cm³/mol. The third kappa shape index (κ3) is 3.35. The first kappa shape index (κ1) is 15.8. The summed E-state index contributed by atoms with van der Waals surface area (Å²) < 4.78 is 6.31. The Kier molecular flexibility index (Phi) is 5.87. The highest BCUT2D eigenvalue weighted by atomic mass is 79.9. The van der Waals surface area contributed by atoms with Gasteiger partial charge in [-0.15, -0.1) is 0 Å². The molecule has 0 aromatic heterocycles. The van der Waals surface area contributed by atoms with E-state index < -0.39 is 0 Å². The molecule has 112 valence electrons. The van der Waals surface area contributed by atoms with Crippen molar-refractivity contribution < 1.29 is 4.74 Å². The topological polar surface area (TPSA) is 38.5 Å². The van der Waals surface area contributed by atoms with Crippen molar-refractivity contribution in [1.82, 2.24) is 4.90 Å². The van der Waals surface area contributed by atoms with E-state index in [2.05, 4.69) is 39.9 Å². The van der Waals surface area contributed by atoms with Gasteiger partial charge in [-0.2, -0.15) is 0 Å². The highest BCUT2D eigenvalue weighted by molar-refractivity contribution is 9.10. The lowest BCUT2D eigenvalue weighted by atomic mass is 9.95. The number of piperidine rings is 1. The molecule has 0 saturated carbocycles. The van der Waals surface area contributed by atoms with Crippen molar-refractivity contribution in [3.05, 3.63) is 28.2 Å². The van der Waals surface area contributed by atoms with Crippen molar-refractivity contribution >= 4 is 15.9 Å². The molecule has 2 rings (SSSR count). The summed E-state index contributed by atoms with van der Waals surface area (Å²) in [5.41, 5.74) is 7.36. The molecule has 20 heavy (non-hydrogen) atoms. The third-order valence-corrected chi connectivity index (χ3v) is 4.95. The van der Waals surface area contributed by atoms with Crippen LogP contribution in [0.3, 0.4) is 0 Å². The lowest BCUT2D eigenvalue weighted by Gasteiger charge is -2.41. The maximum absolute atomic E-state index is 6.08. The lowest BCUT2D eigenvalue weighted by molar-refractivity contribution is 0.0948. The average molecular weight is 341 g/mol. The molecule has 1 aromatic carbocycles. The van der Waals surface area contributed by atoms with Crippen molar-refractivity contribution in [2.75, 3.05) is 20.2 Å². The van der Waals surface area contributed by atoms with Crippen LogP contribution in [-0.2, 0) is 0 Å². The van der Waals surface area contributed by atoms with Gasteiger partial charge in [0.2, 0.25) is 0 Å². The molecule has 1 fully saturated rings. The van der Waals surface area contributed by atoms with Crippen LogP contribution in [0.2, 0.25) is 0 Å². The summed E-state index contributed by atoms with van der Waals surface area (Å²) in [5, 5.41) is 0. The Morgan fingerprint density at radius 2 is 2.25 bits per heavy atom. The molecule has 1 aliphatic rings. The van der Waals surface area contributed by atoms with E-state index in [4.69, 9.17) is 10.5 Å². The van der Waals surface area contributed by atoms with E-state index >= 15 is 0 Å². The average Bonchev–Trinajstić information content (AvgIpc) is 2.49. The zero-order chi connectivity index (χ0) is 14.5. The summed E-state index contributed by atoms with van der Waals surface area (Å²) in [6.45, 7) is 4.10. The normalized spacial score (nSPS) is 21.7. The minimum atomic E-state index is 0.308. The van der Waals surface area contributed by atoms with Crippen LogP contribution in [0.5, 0.6) is 5.75 Å². The van der Waals surface area contributed by atoms with Gasteiger partial charge in [0.25, 0.3) is 0 Å². The van der Waals surface area contributed by atoms with Gasteiger partial charge >= 0.3 is 0 Å². The monoisotopic (exact) mass is 340 g/mol. The van der Waals surface area contributed by atoms with E-state index in [-0.39, 0.29) is 0 Å². The summed E-state index contributed by atoms with van der Waals surface area (Å²) in [5.74, 6) is 0.871. The molecule has 1 aromatic rings. The fourth-order valence-electron chi connectivity index (χ4n) is 3.22. The van der Waals surface area contributed by atoms with Crippen molar-refractivity contribution in [2.24, 2.45) is 5.73 Å². The van der Waals surface area contributed by atoms with Crippen LogP contribution in [0.15, 0.2) is 22.7 Å². The molecule has 0 aliphatic carbocycles. The van der Waals surface area contributed by atoms with Crippen LogP contribution in [0, 0.1) is 0 Å². The number of hydrogen-bond acceptors (Lipinski definition) is 3. The molecule has 0 radical (unpaired) electrons. The van der Waals surface area contributed by atoms with Gasteiger partial charge in [0.05, 0.1) is 11.6 Å². The van der Waals surface area contributed by atoms with E-state index in [0.717, 1.165) is 16.8 Å². The molecule has 4 heteroatoms. The molecule has 2 atom stereocenters. The zero-order valence-corrected chi connectivity index (χ0v) is 14.0. The Morgan fingerprint density at radius 3 is 2.85 bits per heavy atom. The number of nitrogens with two attached hydrogens (primary N) is 1. The minimum absolute atomic E-state index is 0.308. The Morgan fingerprint density at radius 1 is 1.45 bits per heavy atom. The first-order valence-corrected chi connectivity index (χ1v) is 8.29. The van der Waals surface area contributed by atoms with Gasteiger partial charge in [0.15, 0.2) is 0 Å². The van der Waals surface area contributed by atoms with Gasteiger partial charge in [-0.3, -0.25) is 4.90 Å². The van der Waals surface area contributed by atoms with Crippen LogP contribution in [0.4, 0.5) is 0 Å². The number of halogens is 1. The summed E-state index contributed by atoms with van der Waals surface area (Å²) >= 11 is 3.58. The van der Waals surface area contributed by atoms with Crippen LogP contribution in [0.25, 0.3) is 0 Å². The Hall–Kier alpha value is -0.580. The Balaban J connectivity index is 2.24. The van der Waals surface area contributed by atoms with Crippen molar-refractivity contribution in [2.45, 2.75) is 44.7 Å². The number of benzene rings is 1. The molecule has 0 bridgehead atoms. The lowest BCUT2D eigenvalue weighted by Crippen LogP contribution is -2.44. The second-order valence-electron chi connectivity index (χ2n) is 5.44. The number of ether oxygens (including phenoxy) is 1. The molecule has 3 nitrogen and oxygen atoms in total. The predicted octanol–water partition coefficient (Wildman–Crippen LogP) is 3.72. The van der Waals surface area contributed by atoms with Gasteiger partial charge in [-0.05, 0) is 59.4 Å². The molecule has 2 N–H and O–H groups in total. The second-order valence-corrected chi connectivity index (χ2v) is 6.30. The van der Waals surface area contributed by atoms with Gasteiger partial charge in [0, 0.05) is 18.6 Å². The first-order valence-electron chi connectivity index (χ1n) is 7.50. The highest BCUT2D eigenvalue weighted by Gasteiger charge is 2.28. The minimum Gasteiger partial charge on any atom is -0.496 e. The standard InChI is InChI=1S/C16H25BrN2O/c1-3-13-6-4-5-9-19(13)15(11-18)12-7-8-16(20-2)14(17)10-12/h7-8,10,13,15H,3-6,9,11,18H2,1-2H3. The molecule has 1 heterocycles. The molecule has 1 aliphatic heterocycles. The van der Waals surface area contributed by atoms with Crippen LogP contribution >= 0.6 is 15.9 Å². The molecule has 1 saturated heterocycles. The fraction of sp³-hybridized carbons (Fsp3) is 0.625. The van der Waals surface area contributed by atoms with Crippen LogP contribution < -0.4 is 10.5 Å². The number of nitrogens with zero attached hydrogens (tertiary/aromatic N) is 1. The molecule has 0 spiro atoms. The highest BCUT2D eigenvalue weighted by Crippen LogP contribution is 2.33. The fourth-order valence-corrected chi connectivity index (χ4v) is 3.78. The molecular formula is C16H25BrN2O. The van der Waals surface area contributed by atoms with Crippen LogP contribution in [-0.4, -0.2) is 31.1 Å². The summed E-state index contributed by atoms with van der Waals surface area (Å²) in [6.07, 6.45) is 5.13. The second kappa shape index (κ2) is 7.43. The molecular weight excluding hydrogens is 316 g/mol. The largest absolute Gasteiger partial charge is 0.496 e. The van der Waals surface area contributed by atoms with E-state index in [1.165, 1.54) is 31.2 Å². The smallest absolute Gasteiger partial charge is 0.133 e. The maximum atomic E-state index is 6.08. The molecule has 0 amide bonds. The maximum Gasteiger partial charge on any atom is 0.133 e. The van der Waals surface area contributed by atoms with E-state index in [0.29, 0.717) is 18.6 Å². The number of hydrogen-bond donors (Lipinski definition) is 1. The summed E-state index contributed by atoms with van der Waals surface area (Å²) in [4.78, 5) is 2.59. The van der Waals surface area contributed by atoms with Gasteiger partial charge < -0.3 is 10.5 Å². The first-order chi connectivity index (χ1) is 9.71. The quantitative estimate of drug-likeness (QED) is 0.887. The van der Waals surface area contributed by atoms with E-state index in [1.807, 2.05) is 6.07 Å². The van der Waals surface area contributed by atoms with Gasteiger partial charge in [0.1, 0.15) is 5.75 Å². The SMILES string of the molecule is CCC1CCCCN1C(CN)c1ccc(OC)c(Br)c1. The Bertz CT molecular complexity index is 438. The van der Waals surface area contributed by atoms with Crippen molar-refractivity contribution in [3.8, 4) is 5.75 Å². The van der Waals surface area contributed by atoms with E-state index in [1.54, 1.807) is 7.11 Å². The molecule has 2 unspecified atom stereocenters. The summed E-state index contributed by atoms with van der Waals surface area (Å²) in [6, 6.07) is 7.29. The number of likely N-dealkylation sites (tertiary alicyclic amines) is 1. The zero-order valence-electron chi connectivity index (χ0n) is 12.4. The van der Waals surface area contributed by atoms with E-state index in [9.17, 15) is 0 Å². The number of methoxy groups -OCH3 is 1. The third-order valence-electron chi connectivity index (χ3n) is 4.33. The van der Waals surface area contributed by atoms with Crippen LogP contribution in [0.1, 0.15) is 44.2 Å².